The summed E-state index contributed by atoms with van der Waals surface area (Å²) in [4.78, 5) is 2.19. The van der Waals surface area contributed by atoms with E-state index in [1.54, 1.807) is 13.8 Å². The lowest BCUT2D eigenvalue weighted by molar-refractivity contribution is 0.199. The summed E-state index contributed by atoms with van der Waals surface area (Å²) in [7, 11) is 0. The van der Waals surface area contributed by atoms with Crippen molar-refractivity contribution in [3.05, 3.63) is 29.1 Å². The number of aryl methyl sites for hydroxylation is 1. The van der Waals surface area contributed by atoms with Crippen LogP contribution in [0, 0.1) is 18.7 Å². The van der Waals surface area contributed by atoms with Gasteiger partial charge in [0, 0.05) is 24.3 Å². The minimum atomic E-state index is -0.656. The van der Waals surface area contributed by atoms with Gasteiger partial charge in [0.1, 0.15) is 5.82 Å². The maximum absolute atomic E-state index is 13.6. The van der Waals surface area contributed by atoms with E-state index < -0.39 is 6.10 Å². The Morgan fingerprint density at radius 2 is 1.89 bits per heavy atom. The summed E-state index contributed by atoms with van der Waals surface area (Å²) in [5.41, 5.74) is 2.23. The number of hydrogen-bond donors (Lipinski definition) is 1. The van der Waals surface area contributed by atoms with Gasteiger partial charge in [0.2, 0.25) is 0 Å². The van der Waals surface area contributed by atoms with E-state index in [4.69, 9.17) is 0 Å². The van der Waals surface area contributed by atoms with Crippen LogP contribution in [-0.4, -0.2) is 18.2 Å². The van der Waals surface area contributed by atoms with Gasteiger partial charge in [-0.15, -0.1) is 0 Å². The highest BCUT2D eigenvalue weighted by atomic mass is 19.1. The van der Waals surface area contributed by atoms with E-state index in [-0.39, 0.29) is 5.82 Å². The normalized spacial score (nSPS) is 12.9. The third-order valence-corrected chi connectivity index (χ3v) is 3.07. The third kappa shape index (κ3) is 3.45. The molecule has 0 heterocycles. The molecule has 0 saturated heterocycles. The number of aliphatic hydroxyl groups excluding tert-OH is 1. The summed E-state index contributed by atoms with van der Waals surface area (Å²) in [6.07, 6.45) is -0.656. The molecule has 0 unspecified atom stereocenters. The maximum atomic E-state index is 13.6. The average molecular weight is 253 g/mol. The highest BCUT2D eigenvalue weighted by Gasteiger charge is 2.16. The van der Waals surface area contributed by atoms with Gasteiger partial charge in [-0.1, -0.05) is 13.8 Å². The van der Waals surface area contributed by atoms with Crippen LogP contribution in [-0.2, 0) is 0 Å². The lowest BCUT2D eigenvalue weighted by Crippen LogP contribution is -2.28. The molecule has 102 valence electrons. The predicted octanol–water partition coefficient (Wildman–Crippen LogP) is 3.67. The Hall–Kier alpha value is -1.09. The molecule has 0 radical (unpaired) electrons. The largest absolute Gasteiger partial charge is 0.389 e. The number of anilines is 1. The SMILES string of the molecule is CCN(CC(C)C)c1cc(C)c(F)cc1[C@@H](C)O. The van der Waals surface area contributed by atoms with Gasteiger partial charge in [-0.2, -0.15) is 0 Å². The minimum absolute atomic E-state index is 0.254. The first kappa shape index (κ1) is 15.0. The second-order valence-corrected chi connectivity index (χ2v) is 5.27. The van der Waals surface area contributed by atoms with Crippen LogP contribution in [0.4, 0.5) is 10.1 Å². The Bertz CT molecular complexity index is 402. The molecule has 0 aliphatic rings. The van der Waals surface area contributed by atoms with Gasteiger partial charge in [0.05, 0.1) is 6.10 Å². The Balaban J connectivity index is 3.22. The molecule has 3 heteroatoms. The van der Waals surface area contributed by atoms with Crippen LogP contribution in [0.25, 0.3) is 0 Å². The van der Waals surface area contributed by atoms with Crippen LogP contribution in [0.2, 0.25) is 0 Å². The number of rotatable bonds is 5. The smallest absolute Gasteiger partial charge is 0.126 e. The van der Waals surface area contributed by atoms with Crippen molar-refractivity contribution < 1.29 is 9.50 Å². The molecule has 1 N–H and O–H groups in total. The van der Waals surface area contributed by atoms with Crippen molar-refractivity contribution in [3.8, 4) is 0 Å². The van der Waals surface area contributed by atoms with Crippen molar-refractivity contribution >= 4 is 5.69 Å². The number of aliphatic hydroxyl groups is 1. The second-order valence-electron chi connectivity index (χ2n) is 5.27. The molecule has 0 bridgehead atoms. The van der Waals surface area contributed by atoms with Gasteiger partial charge in [-0.05, 0) is 44.4 Å². The summed E-state index contributed by atoms with van der Waals surface area (Å²) in [6, 6.07) is 3.29. The fourth-order valence-corrected chi connectivity index (χ4v) is 2.13. The number of hydrogen-bond acceptors (Lipinski definition) is 2. The first-order valence-corrected chi connectivity index (χ1v) is 6.59. The van der Waals surface area contributed by atoms with Gasteiger partial charge in [-0.3, -0.25) is 0 Å². The zero-order valence-corrected chi connectivity index (χ0v) is 12.0. The van der Waals surface area contributed by atoms with Gasteiger partial charge in [-0.25, -0.2) is 4.39 Å². The van der Waals surface area contributed by atoms with Gasteiger partial charge in [0.15, 0.2) is 0 Å². The lowest BCUT2D eigenvalue weighted by Gasteiger charge is -2.29. The Labute approximate surface area is 109 Å². The standard InChI is InChI=1S/C15H24FNO/c1-6-17(9-10(2)3)15-7-11(4)14(16)8-13(15)12(5)18/h7-8,10,12,18H,6,9H2,1-5H3/t12-/m1/s1. The molecule has 18 heavy (non-hydrogen) atoms. The van der Waals surface area contributed by atoms with Crippen molar-refractivity contribution in [1.82, 2.24) is 0 Å². The van der Waals surface area contributed by atoms with Crippen molar-refractivity contribution in [2.45, 2.75) is 40.7 Å². The van der Waals surface area contributed by atoms with E-state index in [0.29, 0.717) is 17.0 Å². The number of benzene rings is 1. The van der Waals surface area contributed by atoms with Crippen LogP contribution >= 0.6 is 0 Å². The topological polar surface area (TPSA) is 23.5 Å². The Morgan fingerprint density at radius 3 is 2.33 bits per heavy atom. The monoisotopic (exact) mass is 253 g/mol. The van der Waals surface area contributed by atoms with Gasteiger partial charge >= 0.3 is 0 Å². The molecule has 0 aromatic heterocycles. The molecule has 0 aliphatic heterocycles. The first-order valence-electron chi connectivity index (χ1n) is 6.59. The van der Waals surface area contributed by atoms with E-state index in [0.717, 1.165) is 18.8 Å². The Kier molecular flexibility index (Phi) is 5.15. The van der Waals surface area contributed by atoms with Gasteiger partial charge < -0.3 is 10.0 Å². The molecular formula is C15H24FNO. The molecule has 1 rings (SSSR count). The van der Waals surface area contributed by atoms with Crippen LogP contribution < -0.4 is 4.90 Å². The van der Waals surface area contributed by atoms with Crippen LogP contribution in [0.1, 0.15) is 44.9 Å². The van der Waals surface area contributed by atoms with Crippen LogP contribution in [0.5, 0.6) is 0 Å². The average Bonchev–Trinajstić information content (AvgIpc) is 2.28. The quantitative estimate of drug-likeness (QED) is 0.865. The summed E-state index contributed by atoms with van der Waals surface area (Å²) in [5.74, 6) is 0.271. The molecule has 0 aliphatic carbocycles. The zero-order valence-electron chi connectivity index (χ0n) is 12.0. The van der Waals surface area contributed by atoms with Crippen molar-refractivity contribution in [2.75, 3.05) is 18.0 Å². The number of nitrogens with zero attached hydrogens (tertiary/aromatic N) is 1. The van der Waals surface area contributed by atoms with E-state index in [1.807, 2.05) is 6.07 Å². The summed E-state index contributed by atoms with van der Waals surface area (Å²) in [6.45, 7) is 11.6. The fourth-order valence-electron chi connectivity index (χ4n) is 2.13. The van der Waals surface area contributed by atoms with Crippen molar-refractivity contribution in [1.29, 1.82) is 0 Å². The summed E-state index contributed by atoms with van der Waals surface area (Å²) < 4.78 is 13.6. The van der Waals surface area contributed by atoms with E-state index in [1.165, 1.54) is 6.07 Å². The second kappa shape index (κ2) is 6.19. The molecule has 0 amide bonds. The van der Waals surface area contributed by atoms with E-state index >= 15 is 0 Å². The van der Waals surface area contributed by atoms with Crippen LogP contribution in [0.3, 0.4) is 0 Å². The molecule has 2 nitrogen and oxygen atoms in total. The van der Waals surface area contributed by atoms with E-state index in [2.05, 4.69) is 25.7 Å². The highest BCUT2D eigenvalue weighted by Crippen LogP contribution is 2.29. The minimum Gasteiger partial charge on any atom is -0.389 e. The predicted molar refractivity (Wildman–Crippen MR) is 74.5 cm³/mol. The molecular weight excluding hydrogens is 229 g/mol. The van der Waals surface area contributed by atoms with Crippen molar-refractivity contribution in [3.63, 3.8) is 0 Å². The molecule has 1 aromatic rings. The zero-order chi connectivity index (χ0) is 13.9. The van der Waals surface area contributed by atoms with Gasteiger partial charge in [0.25, 0.3) is 0 Å². The van der Waals surface area contributed by atoms with Crippen LogP contribution in [0.15, 0.2) is 12.1 Å². The summed E-state index contributed by atoms with van der Waals surface area (Å²) in [5, 5.41) is 9.81. The summed E-state index contributed by atoms with van der Waals surface area (Å²) >= 11 is 0. The first-order chi connectivity index (χ1) is 8.36. The van der Waals surface area contributed by atoms with Crippen molar-refractivity contribution in [2.24, 2.45) is 5.92 Å². The highest BCUT2D eigenvalue weighted by molar-refractivity contribution is 5.56. The number of halogens is 1. The molecule has 0 saturated carbocycles. The molecule has 0 fully saturated rings. The maximum Gasteiger partial charge on any atom is 0.126 e. The molecule has 1 aromatic carbocycles. The third-order valence-electron chi connectivity index (χ3n) is 3.07. The molecule has 1 atom stereocenters. The van der Waals surface area contributed by atoms with E-state index in [9.17, 15) is 9.50 Å². The lowest BCUT2D eigenvalue weighted by atomic mass is 10.0. The molecule has 0 spiro atoms. The fraction of sp³-hybridized carbons (Fsp3) is 0.600. The Morgan fingerprint density at radius 1 is 1.28 bits per heavy atom.